The zero-order valence-electron chi connectivity index (χ0n) is 27.6. The van der Waals surface area contributed by atoms with Gasteiger partial charge in [0, 0.05) is 49.6 Å². The summed E-state index contributed by atoms with van der Waals surface area (Å²) < 4.78 is 19.0. The van der Waals surface area contributed by atoms with E-state index in [0.29, 0.717) is 5.89 Å². The first-order valence-corrected chi connectivity index (χ1v) is 16.7. The van der Waals surface area contributed by atoms with Gasteiger partial charge in [-0.05, 0) is 95.0 Å². The van der Waals surface area contributed by atoms with Crippen molar-refractivity contribution < 1.29 is 14.7 Å². The van der Waals surface area contributed by atoms with E-state index in [0.717, 1.165) is 99.1 Å². The van der Waals surface area contributed by atoms with E-state index in [1.807, 2.05) is 60.7 Å². The van der Waals surface area contributed by atoms with Gasteiger partial charge >= 0.3 is 0 Å². The maximum absolute atomic E-state index is 6.56. The number of hydrogen-bond acceptors (Lipinski definition) is 5. The summed E-state index contributed by atoms with van der Waals surface area (Å²) in [5.74, 6) is 0.615. The van der Waals surface area contributed by atoms with Crippen molar-refractivity contribution in [2.75, 3.05) is 4.90 Å². The summed E-state index contributed by atoms with van der Waals surface area (Å²) in [7, 11) is 0. The van der Waals surface area contributed by atoms with Crippen molar-refractivity contribution in [1.82, 2.24) is 4.98 Å². The molecule has 0 radical (unpaired) electrons. The van der Waals surface area contributed by atoms with Crippen LogP contribution in [-0.2, 0) is 0 Å². The Kier molecular flexibility index (Phi) is 5.60. The van der Waals surface area contributed by atoms with Gasteiger partial charge < -0.3 is 19.6 Å². The number of fused-ring (bicyclic) bond motifs is 11. The van der Waals surface area contributed by atoms with E-state index in [1.165, 1.54) is 0 Å². The maximum atomic E-state index is 6.56. The van der Waals surface area contributed by atoms with E-state index in [9.17, 15) is 0 Å². The molecule has 11 aromatic rings. The molecule has 50 heavy (non-hydrogen) atoms. The molecule has 0 spiro atoms. The van der Waals surface area contributed by atoms with Crippen molar-refractivity contribution >= 4 is 93.6 Å². The fraction of sp³-hybridized carbons (Fsp3) is 0. The summed E-state index contributed by atoms with van der Waals surface area (Å²) >= 11 is 0. The predicted molar refractivity (Wildman–Crippen MR) is 205 cm³/mol. The van der Waals surface area contributed by atoms with E-state index >= 15 is 0 Å². The molecule has 0 aliphatic carbocycles. The second kappa shape index (κ2) is 10.3. The Morgan fingerprint density at radius 2 is 0.940 bits per heavy atom. The molecule has 0 bridgehead atoms. The van der Waals surface area contributed by atoms with Crippen LogP contribution in [0.25, 0.3) is 88.0 Å². The summed E-state index contributed by atoms with van der Waals surface area (Å²) in [6.07, 6.45) is 0. The largest absolute Gasteiger partial charge is 1.00 e. The van der Waals surface area contributed by atoms with Gasteiger partial charge in [0.25, 0.3) is 0 Å². The monoisotopic (exact) mass is 643 g/mol. The summed E-state index contributed by atoms with van der Waals surface area (Å²) in [6, 6.07) is 54.5. The molecule has 5 nitrogen and oxygen atoms in total. The molecule has 11 rings (SSSR count). The summed E-state index contributed by atoms with van der Waals surface area (Å²) in [4.78, 5) is 7.21. The van der Waals surface area contributed by atoms with Gasteiger partial charge in [0.15, 0.2) is 5.58 Å². The Morgan fingerprint density at radius 3 is 1.62 bits per heavy atom. The number of para-hydroxylation sites is 2. The number of aromatic nitrogens is 1. The van der Waals surface area contributed by atoms with Crippen LogP contribution in [0.2, 0.25) is 0 Å². The van der Waals surface area contributed by atoms with Crippen LogP contribution in [0.15, 0.2) is 171 Å². The van der Waals surface area contributed by atoms with Gasteiger partial charge in [-0.1, -0.05) is 78.9 Å². The van der Waals surface area contributed by atoms with E-state index < -0.39 is 0 Å². The van der Waals surface area contributed by atoms with Crippen LogP contribution in [0.4, 0.5) is 17.1 Å². The second-order valence-electron chi connectivity index (χ2n) is 12.8. The lowest BCUT2D eigenvalue weighted by Crippen LogP contribution is -2.09. The highest BCUT2D eigenvalue weighted by Gasteiger charge is 2.20. The Balaban J connectivity index is 0.00000327. The highest BCUT2D eigenvalue weighted by Crippen LogP contribution is 2.43. The van der Waals surface area contributed by atoms with Gasteiger partial charge in [-0.3, -0.25) is 0 Å². The molecule has 0 saturated heterocycles. The van der Waals surface area contributed by atoms with Crippen LogP contribution in [0.3, 0.4) is 0 Å². The standard InChI is InChI=1S/C45H26N2O3.H/c1-2-8-29(9-3-1)45-46-38-21-17-28-15-14-27-16-18-30(24-35(27)43(28)44(38)50-45)47(31-19-22-41-36(25-31)33-10-4-6-12-39(33)48-41)32-20-23-42-37(26-32)34-11-5-7-13-40(34)49-42;/h1-26H;/q;-1. The first kappa shape index (κ1) is 27.1. The van der Waals surface area contributed by atoms with Gasteiger partial charge in [-0.25, -0.2) is 4.98 Å². The topological polar surface area (TPSA) is 55.6 Å². The van der Waals surface area contributed by atoms with Crippen LogP contribution in [0.1, 0.15) is 1.43 Å². The van der Waals surface area contributed by atoms with Crippen molar-refractivity contribution in [3.05, 3.63) is 158 Å². The molecular formula is C45H27N2O3-. The van der Waals surface area contributed by atoms with E-state index in [4.69, 9.17) is 18.2 Å². The highest BCUT2D eigenvalue weighted by molar-refractivity contribution is 6.19. The fourth-order valence-electron chi connectivity index (χ4n) is 7.51. The zero-order valence-corrected chi connectivity index (χ0v) is 26.6. The SMILES string of the molecule is [H-].c1ccc(-c2nc3ccc4ccc5ccc(N(c6ccc7oc8ccccc8c7c6)c6ccc7oc8ccccc8c7c6)cc5c4c3o2)cc1. The lowest BCUT2D eigenvalue weighted by Gasteiger charge is -2.26. The molecule has 0 N–H and O–H groups in total. The number of nitrogens with zero attached hydrogens (tertiary/aromatic N) is 2. The number of furan rings is 2. The molecule has 3 aromatic heterocycles. The molecule has 0 aliphatic heterocycles. The minimum atomic E-state index is 0. The van der Waals surface area contributed by atoms with Crippen LogP contribution >= 0.6 is 0 Å². The van der Waals surface area contributed by atoms with Gasteiger partial charge in [-0.15, -0.1) is 0 Å². The van der Waals surface area contributed by atoms with Crippen LogP contribution in [-0.4, -0.2) is 4.98 Å². The molecule has 0 aliphatic rings. The molecule has 0 fully saturated rings. The zero-order chi connectivity index (χ0) is 32.8. The third-order valence-electron chi connectivity index (χ3n) is 9.85. The normalized spacial score (nSPS) is 12.0. The minimum absolute atomic E-state index is 0. The number of oxazole rings is 1. The number of rotatable bonds is 4. The Morgan fingerprint density at radius 1 is 0.420 bits per heavy atom. The predicted octanol–water partition coefficient (Wildman–Crippen LogP) is 13.2. The van der Waals surface area contributed by atoms with Crippen molar-refractivity contribution in [3.8, 4) is 11.5 Å². The Bertz CT molecular complexity index is 3010. The Hall–Kier alpha value is -6.85. The maximum Gasteiger partial charge on any atom is 0.227 e. The highest BCUT2D eigenvalue weighted by atomic mass is 16.3. The van der Waals surface area contributed by atoms with E-state index in [-0.39, 0.29) is 1.43 Å². The molecule has 3 heterocycles. The number of benzene rings is 8. The minimum Gasteiger partial charge on any atom is -1.00 e. The lowest BCUT2D eigenvalue weighted by molar-refractivity contribution is 0.623. The molecule has 5 heteroatoms. The van der Waals surface area contributed by atoms with Crippen molar-refractivity contribution in [3.63, 3.8) is 0 Å². The van der Waals surface area contributed by atoms with Crippen LogP contribution in [0, 0.1) is 0 Å². The van der Waals surface area contributed by atoms with E-state index in [2.05, 4.69) is 102 Å². The number of anilines is 3. The quantitative estimate of drug-likeness (QED) is 0.179. The van der Waals surface area contributed by atoms with Gasteiger partial charge in [0.2, 0.25) is 5.89 Å². The average molecular weight is 644 g/mol. The fourth-order valence-corrected chi connectivity index (χ4v) is 7.51. The van der Waals surface area contributed by atoms with Crippen molar-refractivity contribution in [2.24, 2.45) is 0 Å². The van der Waals surface area contributed by atoms with Crippen molar-refractivity contribution in [1.29, 1.82) is 0 Å². The lowest BCUT2D eigenvalue weighted by atomic mass is 10.00. The van der Waals surface area contributed by atoms with Crippen LogP contribution in [0.5, 0.6) is 0 Å². The molecule has 0 saturated carbocycles. The van der Waals surface area contributed by atoms with Gasteiger partial charge in [0.1, 0.15) is 27.8 Å². The molecule has 0 atom stereocenters. The third kappa shape index (κ3) is 4.04. The first-order chi connectivity index (χ1) is 24.7. The summed E-state index contributed by atoms with van der Waals surface area (Å²) in [5.41, 5.74) is 9.10. The molecule has 8 aromatic carbocycles. The van der Waals surface area contributed by atoms with Crippen LogP contribution < -0.4 is 4.90 Å². The third-order valence-corrected chi connectivity index (χ3v) is 9.85. The van der Waals surface area contributed by atoms with Gasteiger partial charge in [-0.2, -0.15) is 0 Å². The average Bonchev–Trinajstić information content (AvgIpc) is 3.88. The van der Waals surface area contributed by atoms with E-state index in [1.54, 1.807) is 0 Å². The second-order valence-corrected chi connectivity index (χ2v) is 12.8. The van der Waals surface area contributed by atoms with Gasteiger partial charge in [0.05, 0.1) is 0 Å². The Labute approximate surface area is 286 Å². The molecular weight excluding hydrogens is 617 g/mol. The summed E-state index contributed by atoms with van der Waals surface area (Å²) in [5, 5.41) is 8.68. The number of hydrogen-bond donors (Lipinski definition) is 0. The summed E-state index contributed by atoms with van der Waals surface area (Å²) in [6.45, 7) is 0. The molecule has 236 valence electrons. The molecule has 0 amide bonds. The first-order valence-electron chi connectivity index (χ1n) is 16.7. The smallest absolute Gasteiger partial charge is 0.227 e. The van der Waals surface area contributed by atoms with Crippen molar-refractivity contribution in [2.45, 2.75) is 0 Å². The molecule has 0 unspecified atom stereocenters.